The number of hydrogen-bond donors (Lipinski definition) is 1. The summed E-state index contributed by atoms with van der Waals surface area (Å²) >= 11 is 0. The van der Waals surface area contributed by atoms with Gasteiger partial charge in [-0.25, -0.2) is 0 Å². The Bertz CT molecular complexity index is 626. The molecule has 128 valence electrons. The van der Waals surface area contributed by atoms with Gasteiger partial charge in [0.25, 0.3) is 0 Å². The van der Waals surface area contributed by atoms with Gasteiger partial charge in [-0.15, -0.1) is 0 Å². The molecule has 0 bridgehead atoms. The van der Waals surface area contributed by atoms with Crippen LogP contribution in [0.5, 0.6) is 0 Å². The number of para-hydroxylation sites is 1. The highest BCUT2D eigenvalue weighted by Crippen LogP contribution is 2.31. The van der Waals surface area contributed by atoms with Gasteiger partial charge in [-0.1, -0.05) is 43.9 Å². The molecular formula is C20H27N3O. The van der Waals surface area contributed by atoms with Gasteiger partial charge in [0.1, 0.15) is 5.54 Å². The SMILES string of the molecule is C[C@@H]1CCc2ccccc2N1CC(=O)NC1(C#N)CCCCCC1. The molecule has 3 rings (SSSR count). The molecule has 1 aliphatic carbocycles. The molecular weight excluding hydrogens is 298 g/mol. The van der Waals surface area contributed by atoms with Gasteiger partial charge < -0.3 is 10.2 Å². The van der Waals surface area contributed by atoms with Crippen LogP contribution in [0, 0.1) is 11.3 Å². The first-order chi connectivity index (χ1) is 11.6. The van der Waals surface area contributed by atoms with E-state index in [-0.39, 0.29) is 5.91 Å². The summed E-state index contributed by atoms with van der Waals surface area (Å²) in [5.41, 5.74) is 1.82. The van der Waals surface area contributed by atoms with Crippen LogP contribution in [0.1, 0.15) is 57.4 Å². The molecule has 0 saturated heterocycles. The number of carbonyl (C=O) groups excluding carboxylic acids is 1. The van der Waals surface area contributed by atoms with Gasteiger partial charge in [-0.2, -0.15) is 5.26 Å². The fraction of sp³-hybridized carbons (Fsp3) is 0.600. The van der Waals surface area contributed by atoms with Crippen LogP contribution in [0.4, 0.5) is 5.69 Å². The third kappa shape index (κ3) is 3.56. The summed E-state index contributed by atoms with van der Waals surface area (Å²) < 4.78 is 0. The van der Waals surface area contributed by atoms with Crippen LogP contribution >= 0.6 is 0 Å². The van der Waals surface area contributed by atoms with E-state index in [2.05, 4.69) is 41.4 Å². The van der Waals surface area contributed by atoms with E-state index in [1.54, 1.807) is 0 Å². The second-order valence-corrected chi connectivity index (χ2v) is 7.30. The number of nitriles is 1. The Morgan fingerprint density at radius 3 is 2.71 bits per heavy atom. The lowest BCUT2D eigenvalue weighted by molar-refractivity contribution is -0.121. The summed E-state index contributed by atoms with van der Waals surface area (Å²) in [6, 6.07) is 11.1. The molecule has 1 N–H and O–H groups in total. The Balaban J connectivity index is 1.71. The first-order valence-corrected chi connectivity index (χ1v) is 9.20. The zero-order chi connectivity index (χ0) is 17.0. The van der Waals surface area contributed by atoms with Crippen molar-refractivity contribution in [2.24, 2.45) is 0 Å². The number of carbonyl (C=O) groups is 1. The standard InChI is InChI=1S/C20H27N3O/c1-16-10-11-17-8-4-5-9-18(17)23(16)14-19(24)22-20(15-21)12-6-2-3-7-13-20/h4-5,8-9,16H,2-3,6-7,10-14H2,1H3,(H,22,24)/t16-/m1/s1. The maximum absolute atomic E-state index is 12.7. The number of aryl methyl sites for hydroxylation is 1. The molecule has 1 saturated carbocycles. The predicted molar refractivity (Wildman–Crippen MR) is 95.8 cm³/mol. The van der Waals surface area contributed by atoms with Crippen molar-refractivity contribution in [1.82, 2.24) is 5.32 Å². The third-order valence-corrected chi connectivity index (χ3v) is 5.53. The zero-order valence-corrected chi connectivity index (χ0v) is 14.6. The Hall–Kier alpha value is -2.02. The molecule has 0 spiro atoms. The number of hydrogen-bond acceptors (Lipinski definition) is 3. The quantitative estimate of drug-likeness (QED) is 0.865. The number of fused-ring (bicyclic) bond motifs is 1. The second-order valence-electron chi connectivity index (χ2n) is 7.30. The summed E-state index contributed by atoms with van der Waals surface area (Å²) in [5, 5.41) is 12.7. The maximum atomic E-state index is 12.7. The minimum absolute atomic E-state index is 0.0259. The predicted octanol–water partition coefficient (Wildman–Crippen LogP) is 3.56. The van der Waals surface area contributed by atoms with Gasteiger partial charge in [-0.05, 0) is 44.2 Å². The van der Waals surface area contributed by atoms with Crippen molar-refractivity contribution in [3.8, 4) is 6.07 Å². The van der Waals surface area contributed by atoms with Crippen LogP contribution in [0.3, 0.4) is 0 Å². The van der Waals surface area contributed by atoms with Gasteiger partial charge >= 0.3 is 0 Å². The highest BCUT2D eigenvalue weighted by atomic mass is 16.2. The van der Waals surface area contributed by atoms with E-state index in [1.165, 1.54) is 11.3 Å². The van der Waals surface area contributed by atoms with Crippen molar-refractivity contribution in [2.45, 2.75) is 69.9 Å². The number of nitrogens with zero attached hydrogens (tertiary/aromatic N) is 2. The highest BCUT2D eigenvalue weighted by molar-refractivity contribution is 5.83. The van der Waals surface area contributed by atoms with Crippen molar-refractivity contribution in [3.63, 3.8) is 0 Å². The minimum Gasteiger partial charge on any atom is -0.359 e. The smallest absolute Gasteiger partial charge is 0.240 e. The first-order valence-electron chi connectivity index (χ1n) is 9.20. The number of nitrogens with one attached hydrogen (secondary N) is 1. The van der Waals surface area contributed by atoms with E-state index < -0.39 is 5.54 Å². The molecule has 0 aromatic heterocycles. The van der Waals surface area contributed by atoms with Crippen LogP contribution < -0.4 is 10.2 Å². The summed E-state index contributed by atoms with van der Waals surface area (Å²) in [6.07, 6.45) is 8.06. The van der Waals surface area contributed by atoms with Gasteiger partial charge in [0.15, 0.2) is 0 Å². The molecule has 1 heterocycles. The maximum Gasteiger partial charge on any atom is 0.240 e. The van der Waals surface area contributed by atoms with E-state index in [1.807, 2.05) is 6.07 Å². The Morgan fingerprint density at radius 1 is 1.29 bits per heavy atom. The van der Waals surface area contributed by atoms with E-state index in [0.717, 1.165) is 51.4 Å². The molecule has 0 radical (unpaired) electrons. The normalized spacial score (nSPS) is 22.8. The monoisotopic (exact) mass is 325 g/mol. The summed E-state index contributed by atoms with van der Waals surface area (Å²) in [4.78, 5) is 14.9. The van der Waals surface area contributed by atoms with Gasteiger partial charge in [0.05, 0.1) is 12.6 Å². The first kappa shape index (κ1) is 16.8. The fourth-order valence-electron chi connectivity index (χ4n) is 4.06. The fourth-order valence-corrected chi connectivity index (χ4v) is 4.06. The van der Waals surface area contributed by atoms with E-state index in [0.29, 0.717) is 12.6 Å². The molecule has 1 aromatic rings. The molecule has 1 atom stereocenters. The van der Waals surface area contributed by atoms with E-state index >= 15 is 0 Å². The lowest BCUT2D eigenvalue weighted by Crippen LogP contribution is -2.52. The summed E-state index contributed by atoms with van der Waals surface area (Å²) in [5.74, 6) is -0.0259. The lowest BCUT2D eigenvalue weighted by Gasteiger charge is -2.37. The highest BCUT2D eigenvalue weighted by Gasteiger charge is 2.33. The number of benzene rings is 1. The van der Waals surface area contributed by atoms with Gasteiger partial charge in [0, 0.05) is 11.7 Å². The number of rotatable bonds is 3. The topological polar surface area (TPSA) is 56.1 Å². The summed E-state index contributed by atoms with van der Waals surface area (Å²) in [7, 11) is 0. The molecule has 1 amide bonds. The Kier molecular flexibility index (Phi) is 5.08. The summed E-state index contributed by atoms with van der Waals surface area (Å²) in [6.45, 7) is 2.51. The van der Waals surface area contributed by atoms with Gasteiger partial charge in [-0.3, -0.25) is 4.79 Å². The van der Waals surface area contributed by atoms with E-state index in [4.69, 9.17) is 0 Å². The average molecular weight is 325 g/mol. The second kappa shape index (κ2) is 7.25. The molecule has 0 unspecified atom stereocenters. The number of anilines is 1. The van der Waals surface area contributed by atoms with Crippen LogP contribution in [-0.4, -0.2) is 24.0 Å². The molecule has 2 aliphatic rings. The van der Waals surface area contributed by atoms with Crippen molar-refractivity contribution in [2.75, 3.05) is 11.4 Å². The molecule has 24 heavy (non-hydrogen) atoms. The van der Waals surface area contributed by atoms with Crippen molar-refractivity contribution in [3.05, 3.63) is 29.8 Å². The Morgan fingerprint density at radius 2 is 2.00 bits per heavy atom. The third-order valence-electron chi connectivity index (χ3n) is 5.53. The molecule has 1 fully saturated rings. The van der Waals surface area contributed by atoms with Crippen molar-refractivity contribution in [1.29, 1.82) is 5.26 Å². The van der Waals surface area contributed by atoms with Crippen LogP contribution in [0.25, 0.3) is 0 Å². The lowest BCUT2D eigenvalue weighted by atomic mass is 9.91. The average Bonchev–Trinajstić information content (AvgIpc) is 2.83. The van der Waals surface area contributed by atoms with Gasteiger partial charge in [0.2, 0.25) is 5.91 Å². The van der Waals surface area contributed by atoms with Crippen LogP contribution in [0.15, 0.2) is 24.3 Å². The van der Waals surface area contributed by atoms with Crippen LogP contribution in [-0.2, 0) is 11.2 Å². The number of amides is 1. The van der Waals surface area contributed by atoms with Crippen LogP contribution in [0.2, 0.25) is 0 Å². The zero-order valence-electron chi connectivity index (χ0n) is 14.6. The molecule has 1 aliphatic heterocycles. The Labute approximate surface area is 144 Å². The molecule has 4 nitrogen and oxygen atoms in total. The molecule has 1 aromatic carbocycles. The largest absolute Gasteiger partial charge is 0.359 e. The molecule has 4 heteroatoms. The van der Waals surface area contributed by atoms with E-state index in [9.17, 15) is 10.1 Å². The van der Waals surface area contributed by atoms with Crippen molar-refractivity contribution < 1.29 is 4.79 Å². The van der Waals surface area contributed by atoms with Crippen molar-refractivity contribution >= 4 is 11.6 Å². The minimum atomic E-state index is -0.661.